The molecule has 2 aromatic heterocycles. The molecule has 1 aromatic carbocycles. The second-order valence-corrected chi connectivity index (χ2v) is 6.98. The van der Waals surface area contributed by atoms with E-state index in [0.717, 1.165) is 0 Å². The van der Waals surface area contributed by atoms with E-state index >= 15 is 0 Å². The van der Waals surface area contributed by atoms with Crippen LogP contribution in [0.4, 0.5) is 5.69 Å². The Hall–Kier alpha value is -3.43. The average molecular weight is 443 g/mol. The molecule has 31 heavy (non-hydrogen) atoms. The zero-order valence-electron chi connectivity index (χ0n) is 17.2. The highest BCUT2D eigenvalue weighted by Crippen LogP contribution is 2.37. The monoisotopic (exact) mass is 442 g/mol. The molecule has 0 aliphatic carbocycles. The van der Waals surface area contributed by atoms with Gasteiger partial charge in [-0.1, -0.05) is 11.6 Å². The topological polar surface area (TPSA) is 107 Å². The summed E-state index contributed by atoms with van der Waals surface area (Å²) in [6.07, 6.45) is 8.18. The van der Waals surface area contributed by atoms with E-state index in [1.165, 1.54) is 12.4 Å². The summed E-state index contributed by atoms with van der Waals surface area (Å²) < 4.78 is 8.75. The number of anilines is 1. The van der Waals surface area contributed by atoms with Gasteiger partial charge in [0.15, 0.2) is 0 Å². The number of carbonyl (C=O) groups excluding carboxylic acids is 1. The van der Waals surface area contributed by atoms with Crippen molar-refractivity contribution in [3.05, 3.63) is 65.8 Å². The van der Waals surface area contributed by atoms with Gasteiger partial charge in [-0.25, -0.2) is 0 Å². The van der Waals surface area contributed by atoms with E-state index < -0.39 is 5.91 Å². The van der Waals surface area contributed by atoms with Crippen LogP contribution in [-0.2, 0) is 13.6 Å². The standard InChI is InChI=1S/C21H23ClN6O3/c1-27-8-3-7-23-12-15(13-24-27)21(30)26-18-14-25-28(9-4-10-29)20(18)17-11-16(22)5-6-19(17)31-2/h3,5-8,11-14,29H,4,9-10H2,1-2H3,(H,26,30). The van der Waals surface area contributed by atoms with Gasteiger partial charge in [0.05, 0.1) is 36.4 Å². The predicted octanol–water partition coefficient (Wildman–Crippen LogP) is 3.10. The van der Waals surface area contributed by atoms with Crippen LogP contribution in [0.2, 0.25) is 5.02 Å². The minimum absolute atomic E-state index is 0.0105. The van der Waals surface area contributed by atoms with E-state index in [2.05, 4.69) is 20.5 Å². The van der Waals surface area contributed by atoms with Crippen LogP contribution in [0, 0.1) is 0 Å². The number of benzene rings is 1. The SMILES string of the molecule is COc1ccc(Cl)cc1-c1c(NC(=O)c2cncccn(C)nc2)cnn1CCCO. The number of aryl methyl sites for hydroxylation is 2. The minimum Gasteiger partial charge on any atom is -0.496 e. The van der Waals surface area contributed by atoms with Crippen molar-refractivity contribution in [3.8, 4) is 17.0 Å². The van der Waals surface area contributed by atoms with Crippen LogP contribution >= 0.6 is 11.6 Å². The highest BCUT2D eigenvalue weighted by atomic mass is 35.5. The predicted molar refractivity (Wildman–Crippen MR) is 118 cm³/mol. The lowest BCUT2D eigenvalue weighted by molar-refractivity contribution is 0.102. The molecule has 0 fully saturated rings. The summed E-state index contributed by atoms with van der Waals surface area (Å²) in [5, 5.41) is 21.2. The molecule has 2 heterocycles. The van der Waals surface area contributed by atoms with Gasteiger partial charge in [0.1, 0.15) is 5.75 Å². The molecule has 162 valence electrons. The van der Waals surface area contributed by atoms with Gasteiger partial charge in [-0.05, 0) is 30.7 Å². The summed E-state index contributed by atoms with van der Waals surface area (Å²) in [6, 6.07) is 6.92. The summed E-state index contributed by atoms with van der Waals surface area (Å²) in [7, 11) is 3.30. The number of halogens is 1. The van der Waals surface area contributed by atoms with Gasteiger partial charge in [0, 0.05) is 49.4 Å². The molecule has 9 nitrogen and oxygen atoms in total. The molecule has 3 aromatic rings. The number of nitrogens with zero attached hydrogens (tertiary/aromatic N) is 5. The van der Waals surface area contributed by atoms with Crippen LogP contribution in [-0.4, -0.2) is 49.3 Å². The van der Waals surface area contributed by atoms with Gasteiger partial charge in [-0.3, -0.25) is 19.1 Å². The second-order valence-electron chi connectivity index (χ2n) is 6.55. The van der Waals surface area contributed by atoms with Crippen molar-refractivity contribution in [2.24, 2.45) is 7.05 Å². The van der Waals surface area contributed by atoms with Gasteiger partial charge in [0.2, 0.25) is 0 Å². The Bertz CT molecular complexity index is 1110. The van der Waals surface area contributed by atoms with Gasteiger partial charge in [-0.15, -0.1) is 0 Å². The van der Waals surface area contributed by atoms with E-state index in [-0.39, 0.29) is 12.2 Å². The molecule has 0 spiro atoms. The second kappa shape index (κ2) is 10.6. The molecule has 3 rings (SSSR count). The molecule has 0 saturated heterocycles. The van der Waals surface area contributed by atoms with Crippen LogP contribution in [0.3, 0.4) is 0 Å². The highest BCUT2D eigenvalue weighted by Gasteiger charge is 2.19. The Morgan fingerprint density at radius 3 is 2.87 bits per heavy atom. The minimum atomic E-state index is -0.403. The lowest BCUT2D eigenvalue weighted by Gasteiger charge is -2.14. The lowest BCUT2D eigenvalue weighted by Crippen LogP contribution is -2.13. The van der Waals surface area contributed by atoms with Gasteiger partial charge in [-0.2, -0.15) is 10.2 Å². The van der Waals surface area contributed by atoms with Crippen molar-refractivity contribution < 1.29 is 14.6 Å². The van der Waals surface area contributed by atoms with E-state index in [1.54, 1.807) is 66.4 Å². The number of methoxy groups -OCH3 is 1. The molecular weight excluding hydrogens is 420 g/mol. The van der Waals surface area contributed by atoms with Crippen LogP contribution in [0.25, 0.3) is 11.3 Å². The Kier molecular flexibility index (Phi) is 7.58. The number of ether oxygens (including phenoxy) is 1. The smallest absolute Gasteiger partial charge is 0.258 e. The van der Waals surface area contributed by atoms with Crippen molar-refractivity contribution in [1.82, 2.24) is 24.5 Å². The Morgan fingerprint density at radius 1 is 1.26 bits per heavy atom. The van der Waals surface area contributed by atoms with Crippen LogP contribution < -0.4 is 10.1 Å². The maximum absolute atomic E-state index is 13.0. The first kappa shape index (κ1) is 22.3. The molecule has 0 aliphatic heterocycles. The molecule has 0 atom stereocenters. The summed E-state index contributed by atoms with van der Waals surface area (Å²) in [4.78, 5) is 17.1. The fourth-order valence-corrected chi connectivity index (χ4v) is 3.06. The number of aromatic nitrogens is 5. The molecule has 0 bridgehead atoms. The number of rotatable bonds is 7. The average Bonchev–Trinajstić information content (AvgIpc) is 3.19. The summed E-state index contributed by atoms with van der Waals surface area (Å²) in [5.41, 5.74) is 2.01. The molecule has 0 radical (unpaired) electrons. The first-order chi connectivity index (χ1) is 15.0. The Labute approximate surface area is 184 Å². The molecule has 2 N–H and O–H groups in total. The van der Waals surface area contributed by atoms with E-state index in [0.29, 0.717) is 40.7 Å². The first-order valence-corrected chi connectivity index (χ1v) is 9.90. The lowest BCUT2D eigenvalue weighted by atomic mass is 10.1. The fourth-order valence-electron chi connectivity index (χ4n) is 2.89. The molecule has 0 saturated carbocycles. The zero-order chi connectivity index (χ0) is 22.2. The molecular formula is C21H23ClN6O3. The molecule has 1 amide bonds. The van der Waals surface area contributed by atoms with Crippen molar-refractivity contribution in [3.63, 3.8) is 0 Å². The third-order valence-corrected chi connectivity index (χ3v) is 4.60. The third-order valence-electron chi connectivity index (χ3n) is 4.36. The summed E-state index contributed by atoms with van der Waals surface area (Å²) >= 11 is 6.22. The maximum atomic E-state index is 13.0. The van der Waals surface area contributed by atoms with Gasteiger partial charge >= 0.3 is 0 Å². The van der Waals surface area contributed by atoms with Crippen LogP contribution in [0.15, 0.2) is 55.2 Å². The third kappa shape index (κ3) is 5.59. The number of hydrogen-bond acceptors (Lipinski definition) is 6. The molecule has 0 unspecified atom stereocenters. The van der Waals surface area contributed by atoms with E-state index in [4.69, 9.17) is 16.3 Å². The van der Waals surface area contributed by atoms with Crippen LogP contribution in [0.1, 0.15) is 16.8 Å². The fraction of sp³-hybridized carbons (Fsp3) is 0.238. The number of hydrogen-bond donors (Lipinski definition) is 2. The Morgan fingerprint density at radius 2 is 2.10 bits per heavy atom. The number of carbonyl (C=O) groups is 1. The van der Waals surface area contributed by atoms with Crippen molar-refractivity contribution in [2.45, 2.75) is 13.0 Å². The first-order valence-electron chi connectivity index (χ1n) is 9.52. The van der Waals surface area contributed by atoms with Gasteiger partial charge in [0.25, 0.3) is 5.91 Å². The maximum Gasteiger partial charge on any atom is 0.258 e. The van der Waals surface area contributed by atoms with Crippen molar-refractivity contribution in [2.75, 3.05) is 19.0 Å². The highest BCUT2D eigenvalue weighted by molar-refractivity contribution is 6.31. The number of aliphatic hydroxyl groups is 1. The largest absolute Gasteiger partial charge is 0.496 e. The molecule has 0 aliphatic rings. The van der Waals surface area contributed by atoms with Crippen molar-refractivity contribution >= 4 is 23.2 Å². The van der Waals surface area contributed by atoms with Gasteiger partial charge < -0.3 is 15.2 Å². The summed E-state index contributed by atoms with van der Waals surface area (Å²) in [6.45, 7) is 0.457. The Balaban J connectivity index is 2.05. The van der Waals surface area contributed by atoms with Crippen molar-refractivity contribution in [1.29, 1.82) is 0 Å². The normalized spacial score (nSPS) is 10.5. The van der Waals surface area contributed by atoms with E-state index in [1.807, 2.05) is 0 Å². The van der Waals surface area contributed by atoms with Crippen LogP contribution in [0.5, 0.6) is 5.75 Å². The number of amides is 1. The quantitative estimate of drug-likeness (QED) is 0.582. The number of nitrogens with one attached hydrogen (secondary N) is 1. The molecule has 10 heteroatoms. The summed E-state index contributed by atoms with van der Waals surface area (Å²) in [5.74, 6) is 0.173. The zero-order valence-corrected chi connectivity index (χ0v) is 18.0. The number of aliphatic hydroxyl groups excluding tert-OH is 1. The van der Waals surface area contributed by atoms with E-state index in [9.17, 15) is 9.90 Å².